The van der Waals surface area contributed by atoms with Gasteiger partial charge in [-0.3, -0.25) is 10.4 Å². The van der Waals surface area contributed by atoms with E-state index in [1.165, 1.54) is 37.4 Å². The van der Waals surface area contributed by atoms with Crippen LogP contribution < -0.4 is 5.73 Å². The maximum atomic E-state index is 7.64. The van der Waals surface area contributed by atoms with Crippen molar-refractivity contribution in [3.63, 3.8) is 0 Å². The van der Waals surface area contributed by atoms with Crippen molar-refractivity contribution in [2.45, 2.75) is 47.7 Å². The van der Waals surface area contributed by atoms with Gasteiger partial charge in [-0.1, -0.05) is 0 Å². The number of nitrogens with one attached hydrogen (secondary N) is 1. The molecule has 4 rings (SSSR count). The normalized spacial score (nSPS) is 17.9. The van der Waals surface area contributed by atoms with Gasteiger partial charge in [-0.2, -0.15) is 0 Å². The fourth-order valence-electron chi connectivity index (χ4n) is 2.43. The fourth-order valence-corrected chi connectivity index (χ4v) is 3.45. The van der Waals surface area contributed by atoms with Crippen LogP contribution in [-0.4, -0.2) is 25.6 Å². The molecular formula is C14H16N6S. The molecule has 0 aliphatic heterocycles. The van der Waals surface area contributed by atoms with Crippen molar-refractivity contribution in [3.8, 4) is 0 Å². The van der Waals surface area contributed by atoms with Gasteiger partial charge in [-0.05, 0) is 49.6 Å². The summed E-state index contributed by atoms with van der Waals surface area (Å²) in [5.74, 6) is 1.71. The van der Waals surface area contributed by atoms with Gasteiger partial charge in [0.1, 0.15) is 17.4 Å². The summed E-state index contributed by atoms with van der Waals surface area (Å²) in [5, 5.41) is 17.3. The predicted molar refractivity (Wildman–Crippen MR) is 79.6 cm³/mol. The molecule has 2 aliphatic rings. The van der Waals surface area contributed by atoms with E-state index in [4.69, 9.17) is 11.1 Å². The van der Waals surface area contributed by atoms with Gasteiger partial charge in [0.2, 0.25) is 0 Å². The molecule has 2 aliphatic carbocycles. The summed E-state index contributed by atoms with van der Waals surface area (Å²) in [6, 6.07) is 4.33. The van der Waals surface area contributed by atoms with Crippen LogP contribution in [0.25, 0.3) is 0 Å². The zero-order chi connectivity index (χ0) is 14.4. The Morgan fingerprint density at radius 1 is 1.29 bits per heavy atom. The summed E-state index contributed by atoms with van der Waals surface area (Å²) in [6.45, 7) is 0. The van der Waals surface area contributed by atoms with Crippen molar-refractivity contribution >= 4 is 17.6 Å². The number of nitrogens with zero attached hydrogens (tertiary/aromatic N) is 4. The molecule has 7 heteroatoms. The van der Waals surface area contributed by atoms with Crippen LogP contribution in [0.2, 0.25) is 0 Å². The zero-order valence-electron chi connectivity index (χ0n) is 11.5. The van der Waals surface area contributed by atoms with Crippen LogP contribution in [0, 0.1) is 5.41 Å². The minimum atomic E-state index is -0.0157. The third kappa shape index (κ3) is 2.42. The largest absolute Gasteiger partial charge is 0.382 e. The van der Waals surface area contributed by atoms with Gasteiger partial charge >= 0.3 is 0 Å². The second kappa shape index (κ2) is 4.84. The Kier molecular flexibility index (Phi) is 2.95. The topological polar surface area (TPSA) is 93.5 Å². The standard InChI is InChI=1S/C14H16N6S/c15-12(16)11-10(2-1-7-17-11)21-14-19-18-13(8-3-4-8)20(14)9-5-6-9/h1-2,7-9H,3-6H2,(H3,15,16). The summed E-state index contributed by atoms with van der Waals surface area (Å²) in [7, 11) is 0. The Balaban J connectivity index is 1.70. The minimum absolute atomic E-state index is 0.0157. The average molecular weight is 300 g/mol. The van der Waals surface area contributed by atoms with Gasteiger partial charge in [0.25, 0.3) is 0 Å². The highest BCUT2D eigenvalue weighted by atomic mass is 32.2. The molecule has 0 saturated heterocycles. The lowest BCUT2D eigenvalue weighted by atomic mass is 10.3. The van der Waals surface area contributed by atoms with E-state index >= 15 is 0 Å². The fraction of sp³-hybridized carbons (Fsp3) is 0.429. The molecule has 21 heavy (non-hydrogen) atoms. The third-order valence-electron chi connectivity index (χ3n) is 3.77. The van der Waals surface area contributed by atoms with Crippen LogP contribution in [0.5, 0.6) is 0 Å². The average Bonchev–Trinajstić information content (AvgIpc) is 3.39. The quantitative estimate of drug-likeness (QED) is 0.653. The summed E-state index contributed by atoms with van der Waals surface area (Å²) < 4.78 is 2.29. The lowest BCUT2D eigenvalue weighted by Crippen LogP contribution is -2.14. The lowest BCUT2D eigenvalue weighted by molar-refractivity contribution is 0.627. The van der Waals surface area contributed by atoms with Crippen LogP contribution in [0.1, 0.15) is 49.2 Å². The smallest absolute Gasteiger partial charge is 0.196 e. The Morgan fingerprint density at radius 3 is 2.76 bits per heavy atom. The molecule has 0 radical (unpaired) electrons. The molecule has 2 aromatic heterocycles. The Morgan fingerprint density at radius 2 is 2.10 bits per heavy atom. The van der Waals surface area contributed by atoms with Gasteiger partial charge in [-0.15, -0.1) is 10.2 Å². The van der Waals surface area contributed by atoms with Crippen LogP contribution in [-0.2, 0) is 0 Å². The van der Waals surface area contributed by atoms with E-state index < -0.39 is 0 Å². The molecule has 0 spiro atoms. The zero-order valence-corrected chi connectivity index (χ0v) is 12.3. The van der Waals surface area contributed by atoms with E-state index in [0.717, 1.165) is 15.9 Å². The molecule has 0 atom stereocenters. The third-order valence-corrected chi connectivity index (χ3v) is 4.78. The first-order chi connectivity index (χ1) is 10.2. The molecule has 0 aromatic carbocycles. The van der Waals surface area contributed by atoms with E-state index in [0.29, 0.717) is 17.7 Å². The molecule has 6 nitrogen and oxygen atoms in total. The first-order valence-corrected chi connectivity index (χ1v) is 7.97. The molecule has 108 valence electrons. The number of pyridine rings is 1. The maximum Gasteiger partial charge on any atom is 0.196 e. The number of amidine groups is 1. The maximum absolute atomic E-state index is 7.64. The molecular weight excluding hydrogens is 284 g/mol. The monoisotopic (exact) mass is 300 g/mol. The molecule has 3 N–H and O–H groups in total. The highest BCUT2D eigenvalue weighted by molar-refractivity contribution is 7.99. The summed E-state index contributed by atoms with van der Waals surface area (Å²) in [5.41, 5.74) is 6.12. The van der Waals surface area contributed by atoms with E-state index in [2.05, 4.69) is 19.7 Å². The van der Waals surface area contributed by atoms with E-state index in [1.807, 2.05) is 12.1 Å². The first-order valence-electron chi connectivity index (χ1n) is 7.16. The Hall–Kier alpha value is -1.89. The van der Waals surface area contributed by atoms with Crippen LogP contribution in [0.15, 0.2) is 28.4 Å². The second-order valence-corrected chi connectivity index (χ2v) is 6.59. The van der Waals surface area contributed by atoms with Gasteiger partial charge in [0.15, 0.2) is 5.16 Å². The van der Waals surface area contributed by atoms with Gasteiger partial charge in [0.05, 0.1) is 0 Å². The van der Waals surface area contributed by atoms with Gasteiger partial charge in [-0.25, -0.2) is 0 Å². The molecule has 0 unspecified atom stereocenters. The lowest BCUT2D eigenvalue weighted by Gasteiger charge is -2.09. The van der Waals surface area contributed by atoms with E-state index in [9.17, 15) is 0 Å². The number of hydrogen-bond donors (Lipinski definition) is 2. The van der Waals surface area contributed by atoms with Crippen molar-refractivity contribution in [2.24, 2.45) is 5.73 Å². The molecule has 0 amide bonds. The molecule has 2 aromatic rings. The van der Waals surface area contributed by atoms with Crippen molar-refractivity contribution in [3.05, 3.63) is 29.8 Å². The Labute approximate surface area is 126 Å². The van der Waals surface area contributed by atoms with Crippen molar-refractivity contribution in [1.29, 1.82) is 5.41 Å². The van der Waals surface area contributed by atoms with E-state index in [-0.39, 0.29) is 5.84 Å². The number of nitrogen functional groups attached to an aromatic ring is 1. The highest BCUT2D eigenvalue weighted by Crippen LogP contribution is 2.46. The summed E-state index contributed by atoms with van der Waals surface area (Å²) in [4.78, 5) is 5.05. The van der Waals surface area contributed by atoms with Crippen LogP contribution >= 0.6 is 11.8 Å². The summed E-state index contributed by atoms with van der Waals surface area (Å²) in [6.07, 6.45) is 6.51. The molecule has 2 heterocycles. The van der Waals surface area contributed by atoms with E-state index in [1.54, 1.807) is 6.20 Å². The number of aromatic nitrogens is 4. The number of hydrogen-bond acceptors (Lipinski definition) is 5. The first kappa shape index (κ1) is 12.8. The summed E-state index contributed by atoms with van der Waals surface area (Å²) >= 11 is 1.51. The molecule has 2 fully saturated rings. The van der Waals surface area contributed by atoms with Crippen molar-refractivity contribution in [2.75, 3.05) is 0 Å². The number of rotatable bonds is 5. The second-order valence-electron chi connectivity index (χ2n) is 5.58. The molecule has 0 bridgehead atoms. The highest BCUT2D eigenvalue weighted by Gasteiger charge is 2.36. The van der Waals surface area contributed by atoms with Crippen molar-refractivity contribution < 1.29 is 0 Å². The van der Waals surface area contributed by atoms with Crippen molar-refractivity contribution in [1.82, 2.24) is 19.7 Å². The minimum Gasteiger partial charge on any atom is -0.382 e. The predicted octanol–water partition coefficient (Wildman–Crippen LogP) is 2.32. The van der Waals surface area contributed by atoms with Gasteiger partial charge < -0.3 is 10.3 Å². The van der Waals surface area contributed by atoms with Crippen LogP contribution in [0.3, 0.4) is 0 Å². The molecule has 2 saturated carbocycles. The SMILES string of the molecule is N=C(N)c1ncccc1Sc1nnc(C2CC2)n1C1CC1. The van der Waals surface area contributed by atoms with Gasteiger partial charge in [0, 0.05) is 23.1 Å². The Bertz CT molecular complexity index is 701. The van der Waals surface area contributed by atoms with Crippen LogP contribution in [0.4, 0.5) is 0 Å². The number of nitrogens with two attached hydrogens (primary N) is 1.